The maximum Gasteiger partial charge on any atom is 0.514 e. The zero-order chi connectivity index (χ0) is 29.8. The van der Waals surface area contributed by atoms with Crippen LogP contribution in [0.3, 0.4) is 0 Å². The third-order valence-corrected chi connectivity index (χ3v) is 6.02. The van der Waals surface area contributed by atoms with Gasteiger partial charge in [0.05, 0.1) is 7.11 Å². The molecule has 0 aromatic heterocycles. The van der Waals surface area contributed by atoms with Crippen LogP contribution in [0, 0.1) is 0 Å². The van der Waals surface area contributed by atoms with Crippen LogP contribution in [-0.4, -0.2) is 61.3 Å². The van der Waals surface area contributed by atoms with Gasteiger partial charge in [0, 0.05) is 13.0 Å². The van der Waals surface area contributed by atoms with Crippen LogP contribution in [-0.2, 0) is 35.0 Å². The van der Waals surface area contributed by atoms with Gasteiger partial charge in [0.25, 0.3) is 0 Å². The van der Waals surface area contributed by atoms with Crippen LogP contribution in [0.1, 0.15) is 80.2 Å². The number of hydrogen-bond acceptors (Lipinski definition) is 11. The van der Waals surface area contributed by atoms with Crippen molar-refractivity contribution in [2.24, 2.45) is 0 Å². The average Bonchev–Trinajstić information content (AvgIpc) is 2.86. The number of nitrogens with one attached hydrogen (secondary N) is 1. The Morgan fingerprint density at radius 3 is 1.90 bits per heavy atom. The summed E-state index contributed by atoms with van der Waals surface area (Å²) in [5.41, 5.74) is -0.981. The summed E-state index contributed by atoms with van der Waals surface area (Å²) in [4.78, 5) is 48.9. The molecule has 1 rings (SSSR count). The zero-order valence-corrected chi connectivity index (χ0v) is 24.5. The lowest BCUT2D eigenvalue weighted by Crippen LogP contribution is -2.43. The molecule has 39 heavy (non-hydrogen) atoms. The summed E-state index contributed by atoms with van der Waals surface area (Å²) in [5.74, 6) is -1.05. The molecule has 11 heteroatoms. The van der Waals surface area contributed by atoms with Crippen LogP contribution in [0.15, 0.2) is 18.2 Å². The van der Waals surface area contributed by atoms with Gasteiger partial charge < -0.3 is 33.7 Å². The lowest BCUT2D eigenvalue weighted by Gasteiger charge is -2.24. The molecule has 1 aromatic carbocycles. The van der Waals surface area contributed by atoms with Gasteiger partial charge in [0.1, 0.15) is 23.3 Å². The molecule has 0 aliphatic heterocycles. The summed E-state index contributed by atoms with van der Waals surface area (Å²) in [7, 11) is 1.26. The van der Waals surface area contributed by atoms with Gasteiger partial charge in [-0.2, -0.15) is 0 Å². The fourth-order valence-electron chi connectivity index (χ4n) is 2.93. The maximum atomic E-state index is 12.5. The molecule has 1 N–H and O–H groups in total. The van der Waals surface area contributed by atoms with E-state index in [1.165, 1.54) is 19.2 Å². The standard InChI is InChI=1S/C28H43NO10/c1-10-23(30)35-18(4)17-29-20(24(31)34-9)15-19-13-14-21(36-25(32)38-27(5,6)11-2)22(16-19)37-26(33)39-28(7,8)12-3/h13-14,16,18,20,29H,10-12,15,17H2,1-9H3/t18?,20-/m0/s1. The highest BCUT2D eigenvalue weighted by molar-refractivity contribution is 5.76. The number of ether oxygens (including phenoxy) is 6. The molecule has 0 saturated heterocycles. The van der Waals surface area contributed by atoms with Crippen molar-refractivity contribution in [3.05, 3.63) is 23.8 Å². The van der Waals surface area contributed by atoms with Crippen LogP contribution in [0.4, 0.5) is 9.59 Å². The van der Waals surface area contributed by atoms with Gasteiger partial charge in [-0.25, -0.2) is 9.59 Å². The van der Waals surface area contributed by atoms with E-state index >= 15 is 0 Å². The monoisotopic (exact) mass is 553 g/mol. The van der Waals surface area contributed by atoms with Gasteiger partial charge in [0.15, 0.2) is 11.5 Å². The van der Waals surface area contributed by atoms with Gasteiger partial charge in [0.2, 0.25) is 0 Å². The third-order valence-electron chi connectivity index (χ3n) is 6.02. The number of esters is 2. The van der Waals surface area contributed by atoms with Crippen molar-refractivity contribution < 1.29 is 47.6 Å². The Bertz CT molecular complexity index is 989. The van der Waals surface area contributed by atoms with E-state index in [0.29, 0.717) is 18.4 Å². The highest BCUT2D eigenvalue weighted by atomic mass is 16.8. The van der Waals surface area contributed by atoms with Crippen molar-refractivity contribution in [3.63, 3.8) is 0 Å². The topological polar surface area (TPSA) is 136 Å². The molecule has 0 heterocycles. The molecule has 0 aliphatic carbocycles. The molecule has 11 nitrogen and oxygen atoms in total. The molecule has 2 atom stereocenters. The maximum absolute atomic E-state index is 12.5. The number of carbonyl (C=O) groups excluding carboxylic acids is 4. The van der Waals surface area contributed by atoms with Gasteiger partial charge in [-0.1, -0.05) is 26.8 Å². The minimum absolute atomic E-state index is 0.0652. The molecular weight excluding hydrogens is 510 g/mol. The van der Waals surface area contributed by atoms with Gasteiger partial charge >= 0.3 is 24.2 Å². The fraction of sp³-hybridized carbons (Fsp3) is 0.643. The Hall–Kier alpha value is -3.34. The molecule has 0 radical (unpaired) electrons. The van der Waals surface area contributed by atoms with Crippen LogP contribution in [0.25, 0.3) is 0 Å². The van der Waals surface area contributed by atoms with Crippen molar-refractivity contribution in [3.8, 4) is 11.5 Å². The third kappa shape index (κ3) is 12.4. The summed E-state index contributed by atoms with van der Waals surface area (Å²) < 4.78 is 31.6. The van der Waals surface area contributed by atoms with Crippen molar-refractivity contribution in [1.82, 2.24) is 5.32 Å². The largest absolute Gasteiger partial charge is 0.514 e. The Balaban J connectivity index is 3.20. The molecule has 0 aliphatic rings. The molecule has 220 valence electrons. The first-order valence-corrected chi connectivity index (χ1v) is 13.1. The lowest BCUT2D eigenvalue weighted by molar-refractivity contribution is -0.147. The highest BCUT2D eigenvalue weighted by Gasteiger charge is 2.27. The zero-order valence-electron chi connectivity index (χ0n) is 24.5. The Morgan fingerprint density at radius 1 is 0.872 bits per heavy atom. The second kappa shape index (κ2) is 15.3. The van der Waals surface area contributed by atoms with E-state index in [2.05, 4.69) is 5.32 Å². The Kier molecular flexibility index (Phi) is 13.2. The first kappa shape index (κ1) is 33.7. The summed E-state index contributed by atoms with van der Waals surface area (Å²) in [6.07, 6.45) is -0.964. The van der Waals surface area contributed by atoms with Gasteiger partial charge in [-0.3, -0.25) is 9.59 Å². The van der Waals surface area contributed by atoms with Crippen LogP contribution in [0.2, 0.25) is 0 Å². The normalized spacial score (nSPS) is 13.1. The fourth-order valence-corrected chi connectivity index (χ4v) is 2.93. The summed E-state index contributed by atoms with van der Waals surface area (Å²) in [6, 6.07) is 3.70. The molecule has 0 saturated carbocycles. The minimum Gasteiger partial charge on any atom is -0.468 e. The minimum atomic E-state index is -0.986. The first-order chi connectivity index (χ1) is 18.1. The summed E-state index contributed by atoms with van der Waals surface area (Å²) in [6.45, 7) is 14.3. The van der Waals surface area contributed by atoms with E-state index in [1.807, 2.05) is 13.8 Å². The smallest absolute Gasteiger partial charge is 0.468 e. The molecule has 0 spiro atoms. The van der Waals surface area contributed by atoms with E-state index in [0.717, 1.165) is 0 Å². The predicted octanol–water partition coefficient (Wildman–Crippen LogP) is 5.11. The lowest BCUT2D eigenvalue weighted by atomic mass is 10.0. The van der Waals surface area contributed by atoms with E-state index < -0.39 is 41.6 Å². The summed E-state index contributed by atoms with van der Waals surface area (Å²) in [5, 5.41) is 3.04. The number of methoxy groups -OCH3 is 1. The highest BCUT2D eigenvalue weighted by Crippen LogP contribution is 2.31. The van der Waals surface area contributed by atoms with E-state index in [-0.39, 0.29) is 36.9 Å². The van der Waals surface area contributed by atoms with Gasteiger partial charge in [-0.15, -0.1) is 0 Å². The molecule has 0 amide bonds. The van der Waals surface area contributed by atoms with Crippen LogP contribution < -0.4 is 14.8 Å². The van der Waals surface area contributed by atoms with Crippen LogP contribution in [0.5, 0.6) is 11.5 Å². The SMILES string of the molecule is CCC(=O)OC(C)CN[C@@H](Cc1ccc(OC(=O)OC(C)(C)CC)c(OC(=O)OC(C)(C)CC)c1)C(=O)OC. The van der Waals surface area contributed by atoms with E-state index in [4.69, 9.17) is 28.4 Å². The van der Waals surface area contributed by atoms with Crippen molar-refractivity contribution in [1.29, 1.82) is 0 Å². The molecule has 0 fully saturated rings. The molecule has 0 bridgehead atoms. The van der Waals surface area contributed by atoms with Crippen LogP contribution >= 0.6 is 0 Å². The molecule has 1 unspecified atom stereocenters. The predicted molar refractivity (Wildman–Crippen MR) is 143 cm³/mol. The quantitative estimate of drug-likeness (QED) is 0.187. The second-order valence-electron chi connectivity index (χ2n) is 10.3. The Morgan fingerprint density at radius 2 is 1.41 bits per heavy atom. The van der Waals surface area contributed by atoms with Crippen molar-refractivity contribution in [2.75, 3.05) is 13.7 Å². The number of rotatable bonds is 14. The molecular formula is C28H43NO10. The van der Waals surface area contributed by atoms with Gasteiger partial charge in [-0.05, 0) is 71.6 Å². The number of benzene rings is 1. The first-order valence-electron chi connectivity index (χ1n) is 13.1. The number of hydrogen-bond donors (Lipinski definition) is 1. The van der Waals surface area contributed by atoms with Crippen molar-refractivity contribution in [2.45, 2.75) is 104 Å². The second-order valence-corrected chi connectivity index (χ2v) is 10.3. The van der Waals surface area contributed by atoms with Crippen molar-refractivity contribution >= 4 is 24.2 Å². The summed E-state index contributed by atoms with van der Waals surface area (Å²) >= 11 is 0. The van der Waals surface area contributed by atoms with E-state index in [9.17, 15) is 19.2 Å². The Labute approximate surface area is 230 Å². The number of carbonyl (C=O) groups is 4. The molecule has 1 aromatic rings. The average molecular weight is 554 g/mol. The van der Waals surface area contributed by atoms with E-state index in [1.54, 1.807) is 47.6 Å².